The van der Waals surface area contributed by atoms with Crippen LogP contribution in [0.4, 0.5) is 0 Å². The number of rotatable bonds is 5. The molecule has 2 aromatic carbocycles. The van der Waals surface area contributed by atoms with Gasteiger partial charge in [0.1, 0.15) is 5.58 Å². The first-order valence-corrected chi connectivity index (χ1v) is 8.67. The number of esters is 1. The van der Waals surface area contributed by atoms with Gasteiger partial charge in [-0.25, -0.2) is 0 Å². The molecule has 4 aromatic rings. The molecule has 0 atom stereocenters. The summed E-state index contributed by atoms with van der Waals surface area (Å²) in [6.45, 7) is 1.90. The maximum absolute atomic E-state index is 12.1. The van der Waals surface area contributed by atoms with Gasteiger partial charge in [0, 0.05) is 21.5 Å². The van der Waals surface area contributed by atoms with Gasteiger partial charge in [0.15, 0.2) is 6.61 Å². The number of halogens is 1. The Morgan fingerprint density at radius 1 is 1.15 bits per heavy atom. The van der Waals surface area contributed by atoms with Crippen molar-refractivity contribution in [2.45, 2.75) is 20.0 Å². The third kappa shape index (κ3) is 3.85. The monoisotopic (exact) mass is 382 g/mol. The van der Waals surface area contributed by atoms with Crippen LogP contribution in [0.1, 0.15) is 17.0 Å². The second-order valence-electron chi connectivity index (χ2n) is 6.11. The molecule has 0 aliphatic carbocycles. The number of hydrogen-bond donors (Lipinski definition) is 0. The molecule has 0 unspecified atom stereocenters. The molecule has 2 heterocycles. The van der Waals surface area contributed by atoms with Crippen LogP contribution in [0.25, 0.3) is 22.4 Å². The van der Waals surface area contributed by atoms with E-state index >= 15 is 0 Å². The lowest BCUT2D eigenvalue weighted by atomic mass is 10.1. The molecule has 0 aliphatic heterocycles. The molecular weight excluding hydrogens is 368 g/mol. The van der Waals surface area contributed by atoms with Crippen LogP contribution in [0.5, 0.6) is 0 Å². The van der Waals surface area contributed by atoms with Crippen LogP contribution in [-0.4, -0.2) is 16.2 Å². The average molecular weight is 383 g/mol. The fourth-order valence-electron chi connectivity index (χ4n) is 2.70. The molecule has 136 valence electrons. The van der Waals surface area contributed by atoms with E-state index < -0.39 is 5.97 Å². The number of hydrogen-bond acceptors (Lipinski definition) is 6. The minimum Gasteiger partial charge on any atom is -0.464 e. The van der Waals surface area contributed by atoms with Crippen molar-refractivity contribution in [1.82, 2.24) is 10.2 Å². The van der Waals surface area contributed by atoms with Gasteiger partial charge in [-0.05, 0) is 42.8 Å². The number of benzene rings is 2. The van der Waals surface area contributed by atoms with E-state index in [0.717, 1.165) is 27.7 Å². The summed E-state index contributed by atoms with van der Waals surface area (Å²) in [4.78, 5) is 12.1. The Kier molecular flexibility index (Phi) is 4.64. The van der Waals surface area contributed by atoms with E-state index in [1.165, 1.54) is 0 Å². The summed E-state index contributed by atoms with van der Waals surface area (Å²) in [6.07, 6.45) is 1.69. The summed E-state index contributed by atoms with van der Waals surface area (Å²) in [5.41, 5.74) is 3.37. The van der Waals surface area contributed by atoms with E-state index in [-0.39, 0.29) is 18.9 Å². The van der Waals surface area contributed by atoms with E-state index in [9.17, 15) is 4.79 Å². The molecular formula is C20H15ClN2O4. The molecule has 0 bridgehead atoms. The Bertz CT molecular complexity index is 1100. The lowest BCUT2D eigenvalue weighted by molar-refractivity contribution is -0.144. The Morgan fingerprint density at radius 2 is 1.96 bits per heavy atom. The first-order valence-electron chi connectivity index (χ1n) is 8.29. The quantitative estimate of drug-likeness (QED) is 0.464. The van der Waals surface area contributed by atoms with Gasteiger partial charge in [0.05, 0.1) is 12.7 Å². The number of carbonyl (C=O) groups excluding carboxylic acids is 1. The van der Waals surface area contributed by atoms with Gasteiger partial charge < -0.3 is 13.6 Å². The van der Waals surface area contributed by atoms with Crippen molar-refractivity contribution < 1.29 is 18.4 Å². The molecule has 0 N–H and O–H groups in total. The summed E-state index contributed by atoms with van der Waals surface area (Å²) in [5, 5.41) is 9.37. The van der Waals surface area contributed by atoms with E-state index in [1.807, 2.05) is 25.1 Å². The molecule has 0 fully saturated rings. The maximum Gasteiger partial charge on any atom is 0.310 e. The van der Waals surface area contributed by atoms with E-state index in [4.69, 9.17) is 25.2 Å². The Labute approximate surface area is 159 Å². The predicted octanol–water partition coefficient (Wildman–Crippen LogP) is 4.73. The highest BCUT2D eigenvalue weighted by Gasteiger charge is 2.14. The van der Waals surface area contributed by atoms with Crippen molar-refractivity contribution in [3.05, 3.63) is 70.8 Å². The van der Waals surface area contributed by atoms with Crippen molar-refractivity contribution in [3.63, 3.8) is 0 Å². The van der Waals surface area contributed by atoms with Crippen LogP contribution < -0.4 is 0 Å². The van der Waals surface area contributed by atoms with Gasteiger partial charge in [-0.2, -0.15) is 0 Å². The Morgan fingerprint density at radius 3 is 2.78 bits per heavy atom. The van der Waals surface area contributed by atoms with Gasteiger partial charge in [0.2, 0.25) is 5.89 Å². The van der Waals surface area contributed by atoms with Crippen LogP contribution in [0.3, 0.4) is 0 Å². The zero-order valence-corrected chi connectivity index (χ0v) is 15.2. The van der Waals surface area contributed by atoms with Crippen molar-refractivity contribution in [2.75, 3.05) is 0 Å². The molecule has 0 amide bonds. The molecule has 27 heavy (non-hydrogen) atoms. The molecule has 2 aromatic heterocycles. The second-order valence-corrected chi connectivity index (χ2v) is 6.54. The second kappa shape index (κ2) is 7.25. The maximum atomic E-state index is 12.1. The highest BCUT2D eigenvalue weighted by Crippen LogP contribution is 2.23. The molecule has 4 rings (SSSR count). The zero-order valence-electron chi connectivity index (χ0n) is 14.4. The van der Waals surface area contributed by atoms with Crippen LogP contribution in [-0.2, 0) is 22.6 Å². The Balaban J connectivity index is 1.38. The fraction of sp³-hybridized carbons (Fsp3) is 0.150. The van der Waals surface area contributed by atoms with Gasteiger partial charge in [-0.15, -0.1) is 10.2 Å². The van der Waals surface area contributed by atoms with Crippen LogP contribution in [0.2, 0.25) is 5.02 Å². The number of nitrogens with zero attached hydrogens (tertiary/aromatic N) is 2. The zero-order chi connectivity index (χ0) is 18.8. The van der Waals surface area contributed by atoms with E-state index in [1.54, 1.807) is 30.5 Å². The smallest absolute Gasteiger partial charge is 0.310 e. The first kappa shape index (κ1) is 17.3. The molecule has 0 spiro atoms. The number of aromatic nitrogens is 2. The highest BCUT2D eigenvalue weighted by atomic mass is 35.5. The van der Waals surface area contributed by atoms with Crippen molar-refractivity contribution >= 4 is 28.5 Å². The van der Waals surface area contributed by atoms with Crippen molar-refractivity contribution in [3.8, 4) is 11.5 Å². The summed E-state index contributed by atoms with van der Waals surface area (Å²) in [5.74, 6) is 0.166. The molecule has 0 saturated carbocycles. The van der Waals surface area contributed by atoms with Crippen LogP contribution in [0.15, 0.2) is 57.6 Å². The Hall–Kier alpha value is -3.12. The third-order valence-corrected chi connectivity index (χ3v) is 4.31. The highest BCUT2D eigenvalue weighted by molar-refractivity contribution is 6.30. The number of ether oxygens (including phenoxy) is 1. The summed E-state index contributed by atoms with van der Waals surface area (Å²) < 4.78 is 16.3. The normalized spacial score (nSPS) is 11.0. The molecule has 0 radical (unpaired) electrons. The minimum atomic E-state index is -0.399. The molecule has 6 nitrogen and oxygen atoms in total. The first-order chi connectivity index (χ1) is 13.1. The average Bonchev–Trinajstić information content (AvgIpc) is 3.28. The summed E-state index contributed by atoms with van der Waals surface area (Å²) in [7, 11) is 0. The number of furan rings is 1. The van der Waals surface area contributed by atoms with Gasteiger partial charge in [-0.3, -0.25) is 4.79 Å². The van der Waals surface area contributed by atoms with E-state index in [2.05, 4.69) is 10.2 Å². The summed E-state index contributed by atoms with van der Waals surface area (Å²) >= 11 is 5.86. The van der Waals surface area contributed by atoms with E-state index in [0.29, 0.717) is 10.9 Å². The standard InChI is InChI=1S/C20H15ClN2O4/c1-12-2-7-16-14(10-25-17(16)8-12)9-19(24)26-11-18-22-23-20(27-18)13-3-5-15(21)6-4-13/h2-8,10H,9,11H2,1H3. The number of carbonyl (C=O) groups is 1. The summed E-state index contributed by atoms with van der Waals surface area (Å²) in [6, 6.07) is 12.9. The van der Waals surface area contributed by atoms with Gasteiger partial charge in [-0.1, -0.05) is 23.7 Å². The van der Waals surface area contributed by atoms with Gasteiger partial charge in [0.25, 0.3) is 5.89 Å². The third-order valence-electron chi connectivity index (χ3n) is 4.06. The lowest BCUT2D eigenvalue weighted by Gasteiger charge is -2.01. The number of aryl methyl sites for hydroxylation is 1. The van der Waals surface area contributed by atoms with Crippen LogP contribution >= 0.6 is 11.6 Å². The predicted molar refractivity (Wildman–Crippen MR) is 99.2 cm³/mol. The lowest BCUT2D eigenvalue weighted by Crippen LogP contribution is -2.07. The van der Waals surface area contributed by atoms with Crippen molar-refractivity contribution in [2.24, 2.45) is 0 Å². The SMILES string of the molecule is Cc1ccc2c(CC(=O)OCc3nnc(-c4ccc(Cl)cc4)o3)coc2c1. The fourth-order valence-corrected chi connectivity index (χ4v) is 2.82. The largest absolute Gasteiger partial charge is 0.464 e. The topological polar surface area (TPSA) is 78.4 Å². The van der Waals surface area contributed by atoms with Crippen LogP contribution in [0, 0.1) is 6.92 Å². The molecule has 0 saturated heterocycles. The van der Waals surface area contributed by atoms with Gasteiger partial charge >= 0.3 is 5.97 Å². The molecule has 7 heteroatoms. The number of fused-ring (bicyclic) bond motifs is 1. The van der Waals surface area contributed by atoms with Crippen molar-refractivity contribution in [1.29, 1.82) is 0 Å². The molecule has 0 aliphatic rings. The minimum absolute atomic E-state index is 0.0890.